The summed E-state index contributed by atoms with van der Waals surface area (Å²) in [5.74, 6) is 0. The van der Waals surface area contributed by atoms with E-state index in [0.717, 1.165) is 25.9 Å². The van der Waals surface area contributed by atoms with Gasteiger partial charge in [-0.2, -0.15) is 0 Å². The summed E-state index contributed by atoms with van der Waals surface area (Å²) in [6.45, 7) is 7.91. The summed E-state index contributed by atoms with van der Waals surface area (Å²) in [5.41, 5.74) is 0. The average molecular weight is 216 g/mol. The number of ether oxygens (including phenoxy) is 1. The van der Waals surface area contributed by atoms with Gasteiger partial charge in [0.1, 0.15) is 0 Å². The first-order chi connectivity index (χ1) is 7.27. The highest BCUT2D eigenvalue weighted by molar-refractivity contribution is 5.67. The summed E-state index contributed by atoms with van der Waals surface area (Å²) in [5, 5.41) is 3.22. The molecule has 1 saturated heterocycles. The van der Waals surface area contributed by atoms with E-state index in [2.05, 4.69) is 5.32 Å². The third-order valence-corrected chi connectivity index (χ3v) is 2.43. The maximum Gasteiger partial charge on any atom is 0.409 e. The molecule has 0 bridgehead atoms. The van der Waals surface area contributed by atoms with Crippen LogP contribution in [-0.2, 0) is 4.74 Å². The smallest absolute Gasteiger partial charge is 0.409 e. The molecule has 0 aromatic heterocycles. The van der Waals surface area contributed by atoms with Gasteiger partial charge in [0, 0.05) is 19.1 Å². The van der Waals surface area contributed by atoms with Crippen molar-refractivity contribution in [1.29, 1.82) is 0 Å². The van der Waals surface area contributed by atoms with Crippen LogP contribution in [0.3, 0.4) is 0 Å². The van der Waals surface area contributed by atoms with Crippen LogP contribution >= 0.6 is 0 Å². The molecule has 4 heteroatoms. The van der Waals surface area contributed by atoms with E-state index in [1.54, 1.807) is 4.90 Å². The van der Waals surface area contributed by atoms with Gasteiger partial charge in [0.25, 0.3) is 0 Å². The number of amides is 1. The summed E-state index contributed by atoms with van der Waals surface area (Å²) in [4.78, 5) is 13.1. The molecule has 4 nitrogen and oxygen atoms in total. The Hall–Kier alpha value is -0.770. The third-order valence-electron chi connectivity index (χ3n) is 2.43. The Labute approximate surface area is 93.0 Å². The number of piperidine rings is 1. The average Bonchev–Trinajstić information content (AvgIpc) is 2.32. The summed E-state index contributed by atoms with van der Waals surface area (Å²) in [6.07, 6.45) is 1.88. The van der Waals surface area contributed by atoms with Gasteiger partial charge in [0.2, 0.25) is 0 Å². The minimum Gasteiger partial charge on any atom is -0.450 e. The van der Waals surface area contributed by atoms with Crippen molar-refractivity contribution in [1.82, 2.24) is 10.2 Å². The zero-order chi connectivity index (χ0) is 11.7. The Balaban J connectivity index is 0.000000921. The summed E-state index contributed by atoms with van der Waals surface area (Å²) in [7, 11) is 1.96. The standard InChI is InChI=1S/C9H18N2O2.C2H6/c1-3-13-9(12)11-6-4-8(10-2)5-7-11;1-2/h8,10H,3-7H2,1-2H3;1-2H3. The van der Waals surface area contributed by atoms with Gasteiger partial charge in [-0.3, -0.25) is 0 Å². The molecule has 0 saturated carbocycles. The molecule has 1 fully saturated rings. The van der Waals surface area contributed by atoms with Crippen molar-refractivity contribution >= 4 is 6.09 Å². The predicted octanol–water partition coefficient (Wildman–Crippen LogP) is 1.85. The van der Waals surface area contributed by atoms with Crippen LogP contribution in [0.15, 0.2) is 0 Å². The number of nitrogens with zero attached hydrogens (tertiary/aromatic N) is 1. The fourth-order valence-corrected chi connectivity index (χ4v) is 1.57. The topological polar surface area (TPSA) is 41.6 Å². The molecule has 0 radical (unpaired) electrons. The molecule has 0 aromatic carbocycles. The van der Waals surface area contributed by atoms with E-state index in [1.807, 2.05) is 27.8 Å². The van der Waals surface area contributed by atoms with Gasteiger partial charge >= 0.3 is 6.09 Å². The lowest BCUT2D eigenvalue weighted by Gasteiger charge is -2.30. The second-order valence-electron chi connectivity index (χ2n) is 3.25. The molecule has 15 heavy (non-hydrogen) atoms. The summed E-state index contributed by atoms with van der Waals surface area (Å²) in [6, 6.07) is 0.561. The molecule has 1 aliphatic rings. The number of nitrogens with one attached hydrogen (secondary N) is 1. The van der Waals surface area contributed by atoms with Crippen molar-refractivity contribution in [2.45, 2.75) is 39.7 Å². The van der Waals surface area contributed by atoms with Crippen LogP contribution in [0, 0.1) is 0 Å². The maximum atomic E-state index is 11.3. The van der Waals surface area contributed by atoms with Crippen molar-refractivity contribution in [2.24, 2.45) is 0 Å². The SMILES string of the molecule is CC.CCOC(=O)N1CCC(NC)CC1. The van der Waals surface area contributed by atoms with E-state index in [0.29, 0.717) is 12.6 Å². The van der Waals surface area contributed by atoms with Gasteiger partial charge in [0.05, 0.1) is 6.61 Å². The Kier molecular flexibility index (Phi) is 8.09. The monoisotopic (exact) mass is 216 g/mol. The predicted molar refractivity (Wildman–Crippen MR) is 62.0 cm³/mol. The van der Waals surface area contributed by atoms with Gasteiger partial charge in [-0.05, 0) is 26.8 Å². The van der Waals surface area contributed by atoms with Crippen LogP contribution in [0.5, 0.6) is 0 Å². The molecule has 90 valence electrons. The number of hydrogen-bond acceptors (Lipinski definition) is 3. The lowest BCUT2D eigenvalue weighted by atomic mass is 10.1. The van der Waals surface area contributed by atoms with Crippen molar-refractivity contribution in [3.05, 3.63) is 0 Å². The molecule has 1 aliphatic heterocycles. The van der Waals surface area contributed by atoms with Crippen molar-refractivity contribution in [3.63, 3.8) is 0 Å². The van der Waals surface area contributed by atoms with Gasteiger partial charge in [-0.15, -0.1) is 0 Å². The molecule has 0 aliphatic carbocycles. The molecule has 0 aromatic rings. The van der Waals surface area contributed by atoms with Crippen molar-refractivity contribution in [3.8, 4) is 0 Å². The van der Waals surface area contributed by atoms with Crippen LogP contribution in [-0.4, -0.2) is 43.8 Å². The second-order valence-corrected chi connectivity index (χ2v) is 3.25. The third kappa shape index (κ3) is 5.02. The van der Waals surface area contributed by atoms with Gasteiger partial charge < -0.3 is 15.0 Å². The molecular weight excluding hydrogens is 192 g/mol. The number of carbonyl (C=O) groups is 1. The highest BCUT2D eigenvalue weighted by Gasteiger charge is 2.21. The van der Waals surface area contributed by atoms with E-state index in [4.69, 9.17) is 4.74 Å². The van der Waals surface area contributed by atoms with Crippen LogP contribution in [0.2, 0.25) is 0 Å². The molecule has 0 spiro atoms. The second kappa shape index (κ2) is 8.53. The molecule has 0 atom stereocenters. The van der Waals surface area contributed by atoms with Crippen LogP contribution < -0.4 is 5.32 Å². The molecule has 1 heterocycles. The van der Waals surface area contributed by atoms with Gasteiger partial charge in [0.15, 0.2) is 0 Å². The normalized spacial score (nSPS) is 16.7. The molecule has 1 rings (SSSR count). The lowest BCUT2D eigenvalue weighted by molar-refractivity contribution is 0.0956. The fourth-order valence-electron chi connectivity index (χ4n) is 1.57. The first kappa shape index (κ1) is 14.2. The largest absolute Gasteiger partial charge is 0.450 e. The Bertz CT molecular complexity index is 166. The van der Waals surface area contributed by atoms with E-state index in [-0.39, 0.29) is 6.09 Å². The summed E-state index contributed by atoms with van der Waals surface area (Å²) >= 11 is 0. The number of rotatable bonds is 2. The maximum absolute atomic E-state index is 11.3. The zero-order valence-corrected chi connectivity index (χ0v) is 10.4. The van der Waals surface area contributed by atoms with Gasteiger partial charge in [-0.25, -0.2) is 4.79 Å². The minimum atomic E-state index is -0.169. The van der Waals surface area contributed by atoms with Crippen molar-refractivity contribution in [2.75, 3.05) is 26.7 Å². The van der Waals surface area contributed by atoms with Crippen LogP contribution in [0.25, 0.3) is 0 Å². The molecule has 1 amide bonds. The molecule has 1 N–H and O–H groups in total. The lowest BCUT2D eigenvalue weighted by Crippen LogP contribution is -2.44. The Morgan fingerprint density at radius 1 is 1.40 bits per heavy atom. The highest BCUT2D eigenvalue weighted by Crippen LogP contribution is 2.10. The van der Waals surface area contributed by atoms with Crippen LogP contribution in [0.4, 0.5) is 4.79 Å². The van der Waals surface area contributed by atoms with E-state index in [1.165, 1.54) is 0 Å². The molecule has 0 unspecified atom stereocenters. The van der Waals surface area contributed by atoms with E-state index < -0.39 is 0 Å². The van der Waals surface area contributed by atoms with E-state index >= 15 is 0 Å². The Morgan fingerprint density at radius 3 is 2.33 bits per heavy atom. The number of carbonyl (C=O) groups excluding carboxylic acids is 1. The minimum absolute atomic E-state index is 0.169. The number of hydrogen-bond donors (Lipinski definition) is 1. The van der Waals surface area contributed by atoms with Gasteiger partial charge in [-0.1, -0.05) is 13.8 Å². The number of likely N-dealkylation sites (tertiary alicyclic amines) is 1. The molecular formula is C11H24N2O2. The quantitative estimate of drug-likeness (QED) is 0.766. The first-order valence-corrected chi connectivity index (χ1v) is 5.87. The fraction of sp³-hybridized carbons (Fsp3) is 0.909. The summed E-state index contributed by atoms with van der Waals surface area (Å²) < 4.78 is 4.92. The Morgan fingerprint density at radius 2 is 1.93 bits per heavy atom. The van der Waals surface area contributed by atoms with Crippen molar-refractivity contribution < 1.29 is 9.53 Å². The zero-order valence-electron chi connectivity index (χ0n) is 10.4. The highest BCUT2D eigenvalue weighted by atomic mass is 16.6. The van der Waals surface area contributed by atoms with E-state index in [9.17, 15) is 4.79 Å². The first-order valence-electron chi connectivity index (χ1n) is 5.87. The van der Waals surface area contributed by atoms with Crippen LogP contribution in [0.1, 0.15) is 33.6 Å².